The quantitative estimate of drug-likeness (QED) is 0.686. The van der Waals surface area contributed by atoms with E-state index >= 15 is 0 Å². The van der Waals surface area contributed by atoms with Crippen molar-refractivity contribution in [3.63, 3.8) is 0 Å². The van der Waals surface area contributed by atoms with Crippen LogP contribution < -0.4 is 0 Å². The molecule has 0 aromatic carbocycles. The average Bonchev–Trinajstić information content (AvgIpc) is 2.04. The van der Waals surface area contributed by atoms with Crippen molar-refractivity contribution in [2.24, 2.45) is 5.41 Å². The first-order valence-electron chi connectivity index (χ1n) is 3.81. The second kappa shape index (κ2) is 3.05. The lowest BCUT2D eigenvalue weighted by Crippen LogP contribution is -2.28. The summed E-state index contributed by atoms with van der Waals surface area (Å²) in [4.78, 5) is 21.3. The van der Waals surface area contributed by atoms with Gasteiger partial charge in [0.25, 0.3) is 0 Å². The van der Waals surface area contributed by atoms with Gasteiger partial charge < -0.3 is 10.2 Å². The molecule has 0 saturated carbocycles. The third kappa shape index (κ3) is 1.77. The van der Waals surface area contributed by atoms with E-state index in [9.17, 15) is 9.59 Å². The second-order valence-electron chi connectivity index (χ2n) is 3.26. The Hall–Kier alpha value is -1.58. The molecule has 4 nitrogen and oxygen atoms in total. The van der Waals surface area contributed by atoms with Gasteiger partial charge in [0.05, 0.1) is 5.41 Å². The van der Waals surface area contributed by atoms with E-state index in [1.54, 1.807) is 0 Å². The van der Waals surface area contributed by atoms with Crippen molar-refractivity contribution < 1.29 is 22.7 Å². The summed E-state index contributed by atoms with van der Waals surface area (Å²) >= 11 is 0. The van der Waals surface area contributed by atoms with Crippen molar-refractivity contribution in [1.29, 1.82) is 0 Å². The van der Waals surface area contributed by atoms with E-state index in [0.717, 1.165) is 0 Å². The molecule has 74 valence electrons. The molecule has 1 atom stereocenters. The van der Waals surface area contributed by atoms with E-state index in [4.69, 9.17) is 10.2 Å². The van der Waals surface area contributed by atoms with Gasteiger partial charge in [0.2, 0.25) is 0 Å². The van der Waals surface area contributed by atoms with Crippen molar-refractivity contribution in [3.8, 4) is 0 Å². The lowest BCUT2D eigenvalue weighted by atomic mass is 9.80. The molecule has 0 bridgehead atoms. The van der Waals surface area contributed by atoms with E-state index < -0.39 is 17.4 Å². The molecule has 0 amide bonds. The van der Waals surface area contributed by atoms with E-state index in [2.05, 4.69) is 0 Å². The number of hydrogen-bond donors (Lipinski definition) is 2. The smallest absolute Gasteiger partial charge is 0.331 e. The highest BCUT2D eigenvalue weighted by molar-refractivity contribution is 5.90. The van der Waals surface area contributed by atoms with Gasteiger partial charge in [-0.2, -0.15) is 0 Å². The third-order valence-corrected chi connectivity index (χ3v) is 2.08. The van der Waals surface area contributed by atoms with Gasteiger partial charge in [0.1, 0.15) is 0 Å². The minimum absolute atomic E-state index is 0. The van der Waals surface area contributed by atoms with Gasteiger partial charge in [-0.15, -0.1) is 0 Å². The maximum Gasteiger partial charge on any atom is 0.331 e. The van der Waals surface area contributed by atoms with Crippen molar-refractivity contribution in [3.05, 3.63) is 23.8 Å². The lowest BCUT2D eigenvalue weighted by Gasteiger charge is -2.23. The van der Waals surface area contributed by atoms with E-state index in [1.807, 2.05) is 0 Å². The van der Waals surface area contributed by atoms with Gasteiger partial charge in [-0.25, -0.2) is 4.79 Å². The van der Waals surface area contributed by atoms with Crippen LogP contribution in [0.15, 0.2) is 23.8 Å². The highest BCUT2D eigenvalue weighted by Gasteiger charge is 2.34. The van der Waals surface area contributed by atoms with Crippen LogP contribution in [0.1, 0.15) is 16.2 Å². The number of rotatable bonds is 2. The van der Waals surface area contributed by atoms with Crippen molar-refractivity contribution in [1.82, 2.24) is 0 Å². The monoisotopic (exact) mass is 186 g/mol. The number of carbonyl (C=O) groups is 2. The predicted molar refractivity (Wildman–Crippen MR) is 49.4 cm³/mol. The first-order valence-corrected chi connectivity index (χ1v) is 3.81. The summed E-state index contributed by atoms with van der Waals surface area (Å²) in [5, 5.41) is 17.5. The van der Waals surface area contributed by atoms with Crippen LogP contribution in [0.2, 0.25) is 0 Å². The summed E-state index contributed by atoms with van der Waals surface area (Å²) in [6.07, 6.45) is 4.43. The van der Waals surface area contributed by atoms with Gasteiger partial charge in [0, 0.05) is 8.43 Å². The summed E-state index contributed by atoms with van der Waals surface area (Å²) in [5.41, 5.74) is -0.949. The van der Waals surface area contributed by atoms with E-state index in [0.29, 0.717) is 0 Å². The Morgan fingerprint density at radius 2 is 2.15 bits per heavy atom. The SMILES string of the molecule is CC1(C(=O)O)C=CC=C(C(=O)O)C1.[HH].[HH]. The molecule has 0 saturated heterocycles. The van der Waals surface area contributed by atoms with Gasteiger partial charge in [-0.05, 0) is 13.3 Å². The maximum absolute atomic E-state index is 10.8. The van der Waals surface area contributed by atoms with Crippen molar-refractivity contribution in [2.75, 3.05) is 0 Å². The molecule has 0 aromatic heterocycles. The number of allylic oxidation sites excluding steroid dienone is 2. The molecular weight excluding hydrogens is 172 g/mol. The maximum atomic E-state index is 10.8. The van der Waals surface area contributed by atoms with Crippen LogP contribution in [0.4, 0.5) is 0 Å². The fourth-order valence-electron chi connectivity index (χ4n) is 1.18. The molecule has 0 fully saturated rings. The molecule has 2 N–H and O–H groups in total. The van der Waals surface area contributed by atoms with E-state index in [-0.39, 0.29) is 14.8 Å². The largest absolute Gasteiger partial charge is 0.481 e. The molecule has 1 rings (SSSR count). The highest BCUT2D eigenvalue weighted by atomic mass is 16.4. The fourth-order valence-corrected chi connectivity index (χ4v) is 1.18. The third-order valence-electron chi connectivity index (χ3n) is 2.08. The van der Waals surface area contributed by atoms with Crippen LogP contribution >= 0.6 is 0 Å². The Morgan fingerprint density at radius 1 is 1.54 bits per heavy atom. The number of carboxylic acids is 2. The van der Waals surface area contributed by atoms with Crippen molar-refractivity contribution >= 4 is 11.9 Å². The van der Waals surface area contributed by atoms with Gasteiger partial charge in [0.15, 0.2) is 0 Å². The highest BCUT2D eigenvalue weighted by Crippen LogP contribution is 2.31. The lowest BCUT2D eigenvalue weighted by molar-refractivity contribution is -0.145. The van der Waals surface area contributed by atoms with Gasteiger partial charge in [-0.3, -0.25) is 4.79 Å². The first-order chi connectivity index (χ1) is 5.96. The Balaban J connectivity index is 0. The Bertz CT molecular complexity index is 322. The topological polar surface area (TPSA) is 74.6 Å². The zero-order valence-corrected chi connectivity index (χ0v) is 7.15. The molecule has 0 heterocycles. The van der Waals surface area contributed by atoms with Gasteiger partial charge >= 0.3 is 11.9 Å². The zero-order chi connectivity index (χ0) is 10.1. The summed E-state index contributed by atoms with van der Waals surface area (Å²) < 4.78 is 0. The molecule has 0 aromatic rings. The zero-order valence-electron chi connectivity index (χ0n) is 7.15. The fraction of sp³-hybridized carbons (Fsp3) is 0.333. The number of carboxylic acid groups (broad SMARTS) is 2. The van der Waals surface area contributed by atoms with E-state index in [1.165, 1.54) is 25.2 Å². The summed E-state index contributed by atoms with van der Waals surface area (Å²) in [6.45, 7) is 1.50. The minimum atomic E-state index is -1.08. The minimum Gasteiger partial charge on any atom is -0.481 e. The molecule has 1 unspecified atom stereocenters. The Kier molecular flexibility index (Phi) is 2.23. The van der Waals surface area contributed by atoms with Crippen LogP contribution in [0.25, 0.3) is 0 Å². The van der Waals surface area contributed by atoms with Crippen LogP contribution in [0.5, 0.6) is 0 Å². The van der Waals surface area contributed by atoms with Crippen LogP contribution in [-0.2, 0) is 9.59 Å². The van der Waals surface area contributed by atoms with Crippen LogP contribution in [0, 0.1) is 5.41 Å². The second-order valence-corrected chi connectivity index (χ2v) is 3.26. The molecule has 0 spiro atoms. The standard InChI is InChI=1S/C9H10O4.2H2/c1-9(8(12)13)4-2-3-6(5-9)7(10)11;;/h2-4H,5H2,1H3,(H,10,11)(H,12,13);2*1H. The Morgan fingerprint density at radius 3 is 2.62 bits per heavy atom. The van der Waals surface area contributed by atoms with Crippen LogP contribution in [0.3, 0.4) is 0 Å². The molecule has 0 aliphatic heterocycles. The summed E-state index contributed by atoms with van der Waals surface area (Å²) in [7, 11) is 0. The molecular formula is C9H14O4. The molecule has 4 heteroatoms. The molecule has 1 aliphatic rings. The number of aliphatic carboxylic acids is 2. The Labute approximate surface area is 78.2 Å². The molecule has 13 heavy (non-hydrogen) atoms. The van der Waals surface area contributed by atoms with Crippen molar-refractivity contribution in [2.45, 2.75) is 13.3 Å². The average molecular weight is 186 g/mol. The van der Waals surface area contributed by atoms with Crippen LogP contribution in [-0.4, -0.2) is 22.2 Å². The summed E-state index contributed by atoms with van der Waals surface area (Å²) in [6, 6.07) is 0. The first kappa shape index (κ1) is 9.51. The molecule has 1 aliphatic carbocycles. The number of hydrogen-bond acceptors (Lipinski definition) is 2. The summed E-state index contributed by atoms with van der Waals surface area (Å²) in [5.74, 6) is -2.06. The molecule has 0 radical (unpaired) electrons. The van der Waals surface area contributed by atoms with Gasteiger partial charge in [-0.1, -0.05) is 18.2 Å². The normalized spacial score (nSPS) is 26.7. The predicted octanol–water partition coefficient (Wildman–Crippen LogP) is 1.54.